The molecule has 0 unspecified atom stereocenters. The summed E-state index contributed by atoms with van der Waals surface area (Å²) in [5.74, 6) is 0.665. The van der Waals surface area contributed by atoms with Gasteiger partial charge in [-0.05, 0) is 36.2 Å². The van der Waals surface area contributed by atoms with Crippen molar-refractivity contribution in [3.63, 3.8) is 0 Å². The van der Waals surface area contributed by atoms with E-state index in [2.05, 4.69) is 15.6 Å². The fourth-order valence-corrected chi connectivity index (χ4v) is 2.64. The standard InChI is InChI=1S/C19H20N4O3/c1-26-15-6-4-5-14(13-15)9-11-20-18(24)10-12-23-19(25)16-7-2-3-8-17(16)21-22-23/h2-8,13H,9-12H2,1H3,(H,20,24). The van der Waals surface area contributed by atoms with E-state index in [-0.39, 0.29) is 24.4 Å². The molecule has 3 aromatic rings. The SMILES string of the molecule is COc1cccc(CCNC(=O)CCn2nnc3ccccc3c2=O)c1. The Morgan fingerprint density at radius 2 is 2.04 bits per heavy atom. The third-order valence-electron chi connectivity index (χ3n) is 4.05. The van der Waals surface area contributed by atoms with Gasteiger partial charge >= 0.3 is 0 Å². The predicted molar refractivity (Wildman–Crippen MR) is 98.1 cm³/mol. The molecule has 0 aliphatic carbocycles. The van der Waals surface area contributed by atoms with Gasteiger partial charge in [0.05, 0.1) is 19.0 Å². The highest BCUT2D eigenvalue weighted by atomic mass is 16.5. The van der Waals surface area contributed by atoms with Crippen LogP contribution in [0.4, 0.5) is 0 Å². The van der Waals surface area contributed by atoms with Crippen molar-refractivity contribution in [3.8, 4) is 5.75 Å². The molecule has 0 aliphatic heterocycles. The number of ether oxygens (including phenoxy) is 1. The lowest BCUT2D eigenvalue weighted by molar-refractivity contribution is -0.121. The van der Waals surface area contributed by atoms with Crippen molar-refractivity contribution >= 4 is 16.8 Å². The fraction of sp³-hybridized carbons (Fsp3) is 0.263. The van der Waals surface area contributed by atoms with Gasteiger partial charge in [-0.2, -0.15) is 0 Å². The zero-order valence-corrected chi connectivity index (χ0v) is 14.5. The summed E-state index contributed by atoms with van der Waals surface area (Å²) in [7, 11) is 1.62. The molecule has 2 aromatic carbocycles. The van der Waals surface area contributed by atoms with Crippen LogP contribution in [0.25, 0.3) is 10.9 Å². The number of amides is 1. The van der Waals surface area contributed by atoms with E-state index in [1.54, 1.807) is 31.4 Å². The summed E-state index contributed by atoms with van der Waals surface area (Å²) in [6.45, 7) is 0.714. The highest BCUT2D eigenvalue weighted by Gasteiger charge is 2.07. The summed E-state index contributed by atoms with van der Waals surface area (Å²) in [4.78, 5) is 24.3. The van der Waals surface area contributed by atoms with Crippen LogP contribution in [-0.2, 0) is 17.8 Å². The molecule has 0 atom stereocenters. The molecule has 26 heavy (non-hydrogen) atoms. The molecule has 0 radical (unpaired) electrons. The maximum atomic E-state index is 12.3. The normalized spacial score (nSPS) is 10.7. The van der Waals surface area contributed by atoms with E-state index in [0.717, 1.165) is 11.3 Å². The number of hydrogen-bond donors (Lipinski definition) is 1. The summed E-state index contributed by atoms with van der Waals surface area (Å²) in [5.41, 5.74) is 1.40. The van der Waals surface area contributed by atoms with Gasteiger partial charge in [0.25, 0.3) is 5.56 Å². The van der Waals surface area contributed by atoms with Gasteiger partial charge in [0, 0.05) is 13.0 Å². The quantitative estimate of drug-likeness (QED) is 0.697. The molecule has 134 valence electrons. The van der Waals surface area contributed by atoms with Crippen molar-refractivity contribution in [2.75, 3.05) is 13.7 Å². The first-order chi connectivity index (χ1) is 12.7. The first-order valence-corrected chi connectivity index (χ1v) is 8.39. The van der Waals surface area contributed by atoms with E-state index in [0.29, 0.717) is 23.9 Å². The molecule has 0 fully saturated rings. The largest absolute Gasteiger partial charge is 0.497 e. The summed E-state index contributed by atoms with van der Waals surface area (Å²) in [6, 6.07) is 14.7. The molecule has 1 N–H and O–H groups in total. The van der Waals surface area contributed by atoms with Crippen molar-refractivity contribution < 1.29 is 9.53 Å². The van der Waals surface area contributed by atoms with Gasteiger partial charge in [-0.15, -0.1) is 5.10 Å². The van der Waals surface area contributed by atoms with E-state index >= 15 is 0 Å². The smallest absolute Gasteiger partial charge is 0.277 e. The molecule has 1 amide bonds. The van der Waals surface area contributed by atoms with E-state index in [4.69, 9.17) is 4.74 Å². The first kappa shape index (κ1) is 17.6. The maximum absolute atomic E-state index is 12.3. The molecule has 0 aliphatic rings. The lowest BCUT2D eigenvalue weighted by Crippen LogP contribution is -2.30. The van der Waals surface area contributed by atoms with Crippen LogP contribution >= 0.6 is 0 Å². The minimum Gasteiger partial charge on any atom is -0.497 e. The molecule has 7 heteroatoms. The minimum absolute atomic E-state index is 0.130. The lowest BCUT2D eigenvalue weighted by atomic mass is 10.1. The molecule has 7 nitrogen and oxygen atoms in total. The summed E-state index contributed by atoms with van der Waals surface area (Å²) >= 11 is 0. The van der Waals surface area contributed by atoms with E-state index in [1.165, 1.54) is 4.68 Å². The van der Waals surface area contributed by atoms with Crippen LogP contribution in [0.2, 0.25) is 0 Å². The van der Waals surface area contributed by atoms with Gasteiger partial charge in [-0.3, -0.25) is 9.59 Å². The Bertz CT molecular complexity index is 968. The number of methoxy groups -OCH3 is 1. The highest BCUT2D eigenvalue weighted by Crippen LogP contribution is 2.12. The Kier molecular flexibility index (Phi) is 5.58. The van der Waals surface area contributed by atoms with Crippen LogP contribution in [0.5, 0.6) is 5.75 Å². The van der Waals surface area contributed by atoms with Crippen molar-refractivity contribution in [2.24, 2.45) is 0 Å². The molecule has 0 saturated carbocycles. The Balaban J connectivity index is 1.51. The van der Waals surface area contributed by atoms with E-state index in [9.17, 15) is 9.59 Å². The lowest BCUT2D eigenvalue weighted by Gasteiger charge is -2.07. The molecule has 0 spiro atoms. The number of nitrogens with one attached hydrogen (secondary N) is 1. The van der Waals surface area contributed by atoms with Crippen molar-refractivity contribution in [3.05, 3.63) is 64.4 Å². The number of aromatic nitrogens is 3. The summed E-state index contributed by atoms with van der Waals surface area (Å²) in [5, 5.41) is 11.2. The summed E-state index contributed by atoms with van der Waals surface area (Å²) in [6.07, 6.45) is 0.879. The van der Waals surface area contributed by atoms with Crippen molar-refractivity contribution in [2.45, 2.75) is 19.4 Å². The molecule has 1 heterocycles. The zero-order chi connectivity index (χ0) is 18.4. The van der Waals surface area contributed by atoms with Gasteiger partial charge in [-0.1, -0.05) is 29.5 Å². The van der Waals surface area contributed by atoms with Crippen LogP contribution in [0.1, 0.15) is 12.0 Å². The monoisotopic (exact) mass is 352 g/mol. The van der Waals surface area contributed by atoms with Crippen LogP contribution in [-0.4, -0.2) is 34.6 Å². The predicted octanol–water partition coefficient (Wildman–Crippen LogP) is 1.55. The Morgan fingerprint density at radius 3 is 2.88 bits per heavy atom. The fourth-order valence-electron chi connectivity index (χ4n) is 2.64. The number of carbonyl (C=O) groups is 1. The van der Waals surface area contributed by atoms with E-state index in [1.807, 2.05) is 24.3 Å². The van der Waals surface area contributed by atoms with Gasteiger partial charge in [-0.25, -0.2) is 4.68 Å². The molecule has 0 bridgehead atoms. The Labute approximate surface area is 150 Å². The number of carbonyl (C=O) groups excluding carboxylic acids is 1. The third kappa shape index (κ3) is 4.24. The second kappa shape index (κ2) is 8.24. The van der Waals surface area contributed by atoms with Gasteiger partial charge in [0.15, 0.2) is 0 Å². The van der Waals surface area contributed by atoms with E-state index < -0.39 is 0 Å². The van der Waals surface area contributed by atoms with Crippen molar-refractivity contribution in [1.82, 2.24) is 20.3 Å². The first-order valence-electron chi connectivity index (χ1n) is 8.39. The van der Waals surface area contributed by atoms with Gasteiger partial charge in [0.2, 0.25) is 5.91 Å². The van der Waals surface area contributed by atoms with Crippen LogP contribution in [0.15, 0.2) is 53.3 Å². The van der Waals surface area contributed by atoms with Crippen LogP contribution in [0.3, 0.4) is 0 Å². The zero-order valence-electron chi connectivity index (χ0n) is 14.5. The maximum Gasteiger partial charge on any atom is 0.277 e. The molecule has 0 saturated heterocycles. The van der Waals surface area contributed by atoms with Crippen LogP contribution < -0.4 is 15.6 Å². The average molecular weight is 352 g/mol. The highest BCUT2D eigenvalue weighted by molar-refractivity contribution is 5.77. The summed E-state index contributed by atoms with van der Waals surface area (Å²) < 4.78 is 6.41. The van der Waals surface area contributed by atoms with Crippen LogP contribution in [0, 0.1) is 0 Å². The Morgan fingerprint density at radius 1 is 1.19 bits per heavy atom. The topological polar surface area (TPSA) is 86.1 Å². The molecular formula is C19H20N4O3. The molecule has 3 rings (SSSR count). The molecule has 1 aromatic heterocycles. The number of nitrogens with zero attached hydrogens (tertiary/aromatic N) is 3. The number of rotatable bonds is 7. The van der Waals surface area contributed by atoms with Gasteiger partial charge < -0.3 is 10.1 Å². The average Bonchev–Trinajstić information content (AvgIpc) is 2.68. The Hall–Kier alpha value is -3.22. The second-order valence-electron chi connectivity index (χ2n) is 5.84. The number of hydrogen-bond acceptors (Lipinski definition) is 5. The second-order valence-corrected chi connectivity index (χ2v) is 5.84. The van der Waals surface area contributed by atoms with Gasteiger partial charge in [0.1, 0.15) is 11.3 Å². The number of benzene rings is 2. The number of aryl methyl sites for hydroxylation is 1. The minimum atomic E-state index is -0.236. The number of fused-ring (bicyclic) bond motifs is 1. The van der Waals surface area contributed by atoms with Crippen molar-refractivity contribution in [1.29, 1.82) is 0 Å². The third-order valence-corrected chi connectivity index (χ3v) is 4.05. The molecular weight excluding hydrogens is 332 g/mol.